The van der Waals surface area contributed by atoms with Crippen molar-refractivity contribution in [1.82, 2.24) is 9.99 Å². The van der Waals surface area contributed by atoms with E-state index in [0.29, 0.717) is 12.4 Å². The number of hydrogen-bond acceptors (Lipinski definition) is 6. The van der Waals surface area contributed by atoms with E-state index in [0.717, 1.165) is 44.6 Å². The lowest BCUT2D eigenvalue weighted by Gasteiger charge is -2.25. The van der Waals surface area contributed by atoms with Gasteiger partial charge in [0.25, 0.3) is 15.9 Å². The van der Waals surface area contributed by atoms with Gasteiger partial charge in [-0.15, -0.1) is 0 Å². The molecule has 1 aliphatic heterocycles. The van der Waals surface area contributed by atoms with E-state index in [9.17, 15) is 17.6 Å². The van der Waals surface area contributed by atoms with Crippen LogP contribution in [0.5, 0.6) is 11.5 Å². The Hall–Kier alpha value is -4.64. The van der Waals surface area contributed by atoms with Gasteiger partial charge >= 0.3 is 0 Å². The minimum Gasteiger partial charge on any atom is -0.486 e. The van der Waals surface area contributed by atoms with Gasteiger partial charge in [0.1, 0.15) is 25.6 Å². The number of halogens is 1. The minimum absolute atomic E-state index is 0.106. The standard InChI is InChI=1S/C30H29FN4O5S/c1-20-5-4-6-26(15-20)35-21(2)16-23(22(35)3)18-32-33-30(36)19-34(25-9-7-24(31)8-10-25)41(37,38)27-11-12-28-29(17-27)40-14-13-39-28/h4-12,15-18H,13-14,19H2,1-3H3,(H,33,36)/b32-18-. The maximum absolute atomic E-state index is 13.7. The number of fused-ring (bicyclic) bond motifs is 1. The molecule has 1 N–H and O–H groups in total. The van der Waals surface area contributed by atoms with Gasteiger partial charge in [0.2, 0.25) is 0 Å². The molecule has 0 fully saturated rings. The number of ether oxygens (including phenoxy) is 2. The van der Waals surface area contributed by atoms with Gasteiger partial charge < -0.3 is 14.0 Å². The Bertz CT molecular complexity index is 1730. The molecule has 1 aliphatic rings. The Morgan fingerprint density at radius 3 is 2.46 bits per heavy atom. The fraction of sp³-hybridized carbons (Fsp3) is 0.200. The van der Waals surface area contributed by atoms with Crippen LogP contribution >= 0.6 is 0 Å². The molecule has 41 heavy (non-hydrogen) atoms. The second-order valence-corrected chi connectivity index (χ2v) is 11.4. The first kappa shape index (κ1) is 27.9. The molecular formula is C30H29FN4O5S. The summed E-state index contributed by atoms with van der Waals surface area (Å²) in [6.07, 6.45) is 1.52. The summed E-state index contributed by atoms with van der Waals surface area (Å²) in [6, 6.07) is 19.1. The summed E-state index contributed by atoms with van der Waals surface area (Å²) in [5.41, 5.74) is 7.40. The van der Waals surface area contributed by atoms with Gasteiger partial charge in [-0.25, -0.2) is 18.2 Å². The largest absolute Gasteiger partial charge is 0.486 e. The van der Waals surface area contributed by atoms with E-state index in [1.54, 1.807) is 0 Å². The zero-order chi connectivity index (χ0) is 29.1. The van der Waals surface area contributed by atoms with Crippen molar-refractivity contribution < 1.29 is 27.1 Å². The van der Waals surface area contributed by atoms with Crippen LogP contribution in [0.15, 0.2) is 82.8 Å². The lowest BCUT2D eigenvalue weighted by molar-refractivity contribution is -0.119. The lowest BCUT2D eigenvalue weighted by atomic mass is 10.2. The van der Waals surface area contributed by atoms with Crippen LogP contribution in [0.3, 0.4) is 0 Å². The van der Waals surface area contributed by atoms with Gasteiger partial charge in [-0.2, -0.15) is 5.10 Å². The van der Waals surface area contributed by atoms with E-state index in [4.69, 9.17) is 9.47 Å². The number of carbonyl (C=O) groups is 1. The number of aromatic nitrogens is 1. The van der Waals surface area contributed by atoms with Gasteiger partial charge in [-0.1, -0.05) is 12.1 Å². The highest BCUT2D eigenvalue weighted by atomic mass is 32.2. The number of hydrogen-bond donors (Lipinski definition) is 1. The lowest BCUT2D eigenvalue weighted by Crippen LogP contribution is -2.39. The van der Waals surface area contributed by atoms with Crippen LogP contribution in [-0.2, 0) is 14.8 Å². The number of amides is 1. The summed E-state index contributed by atoms with van der Waals surface area (Å²) in [6.45, 7) is 6.01. The maximum atomic E-state index is 13.7. The predicted molar refractivity (Wildman–Crippen MR) is 154 cm³/mol. The molecule has 2 heterocycles. The van der Waals surface area contributed by atoms with Crippen molar-refractivity contribution in [1.29, 1.82) is 0 Å². The minimum atomic E-state index is -4.26. The van der Waals surface area contributed by atoms with Crippen LogP contribution < -0.4 is 19.2 Å². The topological polar surface area (TPSA) is 102 Å². The smallest absolute Gasteiger partial charge is 0.264 e. The molecule has 1 aromatic heterocycles. The molecule has 11 heteroatoms. The quantitative estimate of drug-likeness (QED) is 0.243. The number of nitrogens with one attached hydrogen (secondary N) is 1. The Morgan fingerprint density at radius 2 is 1.73 bits per heavy atom. The maximum Gasteiger partial charge on any atom is 0.264 e. The molecule has 4 aromatic rings. The van der Waals surface area contributed by atoms with Gasteiger partial charge in [0, 0.05) is 28.7 Å². The molecule has 0 atom stereocenters. The number of rotatable bonds is 8. The van der Waals surface area contributed by atoms with Crippen LogP contribution in [0.25, 0.3) is 5.69 Å². The third-order valence-corrected chi connectivity index (χ3v) is 8.40. The second-order valence-electron chi connectivity index (χ2n) is 9.59. The van der Waals surface area contributed by atoms with Crippen LogP contribution in [0.4, 0.5) is 10.1 Å². The number of carbonyl (C=O) groups excluding carboxylic acids is 1. The SMILES string of the molecule is Cc1cccc(-n2c(C)cc(/C=N\NC(=O)CN(c3ccc(F)cc3)S(=O)(=O)c3ccc4c(c3)OCCO4)c2C)c1. The van der Waals surface area contributed by atoms with E-state index in [1.165, 1.54) is 36.5 Å². The first-order chi connectivity index (χ1) is 19.6. The van der Waals surface area contributed by atoms with E-state index in [2.05, 4.69) is 21.2 Å². The Morgan fingerprint density at radius 1 is 1.00 bits per heavy atom. The summed E-state index contributed by atoms with van der Waals surface area (Å²) in [4.78, 5) is 12.9. The fourth-order valence-electron chi connectivity index (χ4n) is 4.66. The molecule has 0 saturated carbocycles. The van der Waals surface area contributed by atoms with Crippen molar-refractivity contribution in [2.24, 2.45) is 5.10 Å². The molecule has 5 rings (SSSR count). The predicted octanol–water partition coefficient (Wildman–Crippen LogP) is 4.66. The van der Waals surface area contributed by atoms with Crippen LogP contribution in [-0.4, -0.2) is 44.9 Å². The molecule has 0 saturated heterocycles. The molecule has 9 nitrogen and oxygen atoms in total. The summed E-state index contributed by atoms with van der Waals surface area (Å²) in [5.74, 6) is -0.506. The summed E-state index contributed by atoms with van der Waals surface area (Å²) in [5, 5.41) is 4.09. The number of aryl methyl sites for hydroxylation is 2. The molecule has 1 amide bonds. The normalized spacial score (nSPS) is 12.9. The summed E-state index contributed by atoms with van der Waals surface area (Å²) in [7, 11) is -4.26. The van der Waals surface area contributed by atoms with Gasteiger partial charge in [-0.3, -0.25) is 9.10 Å². The number of nitrogens with zero attached hydrogens (tertiary/aromatic N) is 3. The Balaban J connectivity index is 1.37. The van der Waals surface area contributed by atoms with Gasteiger partial charge in [0.05, 0.1) is 16.8 Å². The molecule has 3 aromatic carbocycles. The summed E-state index contributed by atoms with van der Waals surface area (Å²) >= 11 is 0. The van der Waals surface area contributed by atoms with Crippen LogP contribution in [0.2, 0.25) is 0 Å². The molecule has 0 spiro atoms. The van der Waals surface area contributed by atoms with Crippen molar-refractivity contribution in [2.75, 3.05) is 24.1 Å². The van der Waals surface area contributed by atoms with Crippen molar-refractivity contribution in [3.63, 3.8) is 0 Å². The number of sulfonamides is 1. The number of benzene rings is 3. The molecule has 0 aliphatic carbocycles. The molecule has 212 valence electrons. The first-order valence-electron chi connectivity index (χ1n) is 12.9. The van der Waals surface area contributed by atoms with Crippen molar-refractivity contribution >= 4 is 27.8 Å². The van der Waals surface area contributed by atoms with Crippen molar-refractivity contribution in [3.05, 3.63) is 101 Å². The zero-order valence-corrected chi connectivity index (χ0v) is 23.6. The highest BCUT2D eigenvalue weighted by Crippen LogP contribution is 2.34. The second kappa shape index (κ2) is 11.5. The number of anilines is 1. The monoisotopic (exact) mass is 576 g/mol. The molecule has 0 radical (unpaired) electrons. The van der Waals surface area contributed by atoms with Gasteiger partial charge in [0.15, 0.2) is 11.5 Å². The van der Waals surface area contributed by atoms with E-state index in [-0.39, 0.29) is 22.9 Å². The highest BCUT2D eigenvalue weighted by molar-refractivity contribution is 7.92. The fourth-order valence-corrected chi connectivity index (χ4v) is 6.09. The van der Waals surface area contributed by atoms with Crippen molar-refractivity contribution in [2.45, 2.75) is 25.7 Å². The average Bonchev–Trinajstić information content (AvgIpc) is 3.24. The third-order valence-electron chi connectivity index (χ3n) is 6.63. The molecule has 0 unspecified atom stereocenters. The van der Waals surface area contributed by atoms with Crippen LogP contribution in [0, 0.1) is 26.6 Å². The van der Waals surface area contributed by atoms with E-state index in [1.807, 2.05) is 45.0 Å². The van der Waals surface area contributed by atoms with Crippen molar-refractivity contribution in [3.8, 4) is 17.2 Å². The van der Waals surface area contributed by atoms with Gasteiger partial charge in [-0.05, 0) is 80.9 Å². The Labute approximate surface area is 237 Å². The summed E-state index contributed by atoms with van der Waals surface area (Å²) < 4.78 is 55.0. The zero-order valence-electron chi connectivity index (χ0n) is 22.8. The third kappa shape index (κ3) is 5.94. The average molecular weight is 577 g/mol. The molecular weight excluding hydrogens is 547 g/mol. The Kier molecular flexibility index (Phi) is 7.80. The number of hydrazone groups is 1. The van der Waals surface area contributed by atoms with Crippen LogP contribution in [0.1, 0.15) is 22.5 Å². The van der Waals surface area contributed by atoms with E-state index >= 15 is 0 Å². The first-order valence-corrected chi connectivity index (χ1v) is 14.3. The highest BCUT2D eigenvalue weighted by Gasteiger charge is 2.29. The molecule has 0 bridgehead atoms. The van der Waals surface area contributed by atoms with E-state index < -0.39 is 28.3 Å².